The number of para-hydroxylation sites is 1. The topological polar surface area (TPSA) is 37.8 Å². The van der Waals surface area contributed by atoms with Crippen molar-refractivity contribution in [1.82, 2.24) is 9.97 Å². The molecule has 1 N–H and O–H groups in total. The smallest absolute Gasteiger partial charge is 0.137 e. The molecule has 0 saturated carbocycles. The summed E-state index contributed by atoms with van der Waals surface area (Å²) >= 11 is 0. The maximum absolute atomic E-state index is 12.9. The lowest BCUT2D eigenvalue weighted by molar-refractivity contribution is 0.627. The van der Waals surface area contributed by atoms with E-state index in [1.54, 1.807) is 18.2 Å². The number of hydrogen-bond acceptors (Lipinski definition) is 3. The van der Waals surface area contributed by atoms with Crippen LogP contribution in [0.5, 0.6) is 0 Å². The number of anilines is 1. The molecule has 1 aromatic heterocycles. The molecule has 1 unspecified atom stereocenters. The van der Waals surface area contributed by atoms with E-state index in [1.165, 1.54) is 18.5 Å². The van der Waals surface area contributed by atoms with Crippen molar-refractivity contribution < 1.29 is 4.39 Å². The van der Waals surface area contributed by atoms with Gasteiger partial charge < -0.3 is 5.32 Å². The van der Waals surface area contributed by atoms with Crippen LogP contribution in [0.4, 0.5) is 10.2 Å². The standard InChI is InChI=1S/C20H16FN3/c1-2-17(7-5-6-15-10-12-16(21)13-11-15)24-20-18-8-3-4-9-19(18)22-14-23-20/h2-4,8-14,17H,1,7H2,(H,22,23,24). The zero-order valence-electron chi connectivity index (χ0n) is 13.0. The third-order valence-corrected chi connectivity index (χ3v) is 3.55. The van der Waals surface area contributed by atoms with Gasteiger partial charge in [-0.05, 0) is 36.4 Å². The monoisotopic (exact) mass is 317 g/mol. The highest BCUT2D eigenvalue weighted by molar-refractivity contribution is 5.88. The minimum atomic E-state index is -0.262. The van der Waals surface area contributed by atoms with Crippen molar-refractivity contribution >= 4 is 16.7 Å². The SMILES string of the molecule is C=CC(CC#Cc1ccc(F)cc1)Nc1ncnc2ccccc12. The predicted octanol–water partition coefficient (Wildman–Crippen LogP) is 4.18. The second-order valence-corrected chi connectivity index (χ2v) is 5.24. The Labute approximate surface area is 140 Å². The van der Waals surface area contributed by atoms with Crippen LogP contribution in [0.25, 0.3) is 10.9 Å². The van der Waals surface area contributed by atoms with Gasteiger partial charge in [-0.15, -0.1) is 6.58 Å². The predicted molar refractivity (Wildman–Crippen MR) is 95.0 cm³/mol. The molecule has 4 heteroatoms. The highest BCUT2D eigenvalue weighted by atomic mass is 19.1. The summed E-state index contributed by atoms with van der Waals surface area (Å²) in [5.74, 6) is 6.61. The molecule has 118 valence electrons. The molecule has 3 nitrogen and oxygen atoms in total. The molecule has 0 aliphatic heterocycles. The van der Waals surface area contributed by atoms with Crippen LogP contribution >= 0.6 is 0 Å². The quantitative estimate of drug-likeness (QED) is 0.579. The molecular formula is C20H16FN3. The largest absolute Gasteiger partial charge is 0.362 e. The van der Waals surface area contributed by atoms with E-state index < -0.39 is 0 Å². The van der Waals surface area contributed by atoms with Crippen LogP contribution in [0.15, 0.2) is 67.5 Å². The maximum Gasteiger partial charge on any atom is 0.137 e. The van der Waals surface area contributed by atoms with Gasteiger partial charge in [0.15, 0.2) is 0 Å². The summed E-state index contributed by atoms with van der Waals surface area (Å²) in [5, 5.41) is 4.29. The second kappa shape index (κ2) is 7.38. The van der Waals surface area contributed by atoms with Crippen molar-refractivity contribution in [3.8, 4) is 11.8 Å². The molecular weight excluding hydrogens is 301 g/mol. The lowest BCUT2D eigenvalue weighted by Crippen LogP contribution is -2.16. The summed E-state index contributed by atoms with van der Waals surface area (Å²) < 4.78 is 12.9. The van der Waals surface area contributed by atoms with Gasteiger partial charge in [0.1, 0.15) is 18.0 Å². The molecule has 1 atom stereocenters. The van der Waals surface area contributed by atoms with Crippen LogP contribution in [0.2, 0.25) is 0 Å². The first kappa shape index (κ1) is 15.7. The van der Waals surface area contributed by atoms with Gasteiger partial charge in [0.25, 0.3) is 0 Å². The number of aromatic nitrogens is 2. The van der Waals surface area contributed by atoms with Gasteiger partial charge in [-0.3, -0.25) is 0 Å². The van der Waals surface area contributed by atoms with Crippen LogP contribution in [-0.2, 0) is 0 Å². The summed E-state index contributed by atoms with van der Waals surface area (Å²) in [4.78, 5) is 8.56. The molecule has 0 bridgehead atoms. The Kier molecular flexibility index (Phi) is 4.83. The summed E-state index contributed by atoms with van der Waals surface area (Å²) in [6, 6.07) is 13.9. The number of fused-ring (bicyclic) bond motifs is 1. The number of halogens is 1. The average molecular weight is 317 g/mol. The Morgan fingerprint density at radius 1 is 1.12 bits per heavy atom. The lowest BCUT2D eigenvalue weighted by Gasteiger charge is -2.14. The van der Waals surface area contributed by atoms with Crippen LogP contribution in [0.1, 0.15) is 12.0 Å². The molecule has 0 aliphatic rings. The number of nitrogens with one attached hydrogen (secondary N) is 1. The summed E-state index contributed by atoms with van der Waals surface area (Å²) in [5.41, 5.74) is 1.67. The number of hydrogen-bond donors (Lipinski definition) is 1. The van der Waals surface area contributed by atoms with Gasteiger partial charge in [-0.2, -0.15) is 0 Å². The first-order valence-electron chi connectivity index (χ1n) is 7.59. The zero-order valence-corrected chi connectivity index (χ0v) is 13.0. The number of benzene rings is 2. The molecule has 0 radical (unpaired) electrons. The van der Waals surface area contributed by atoms with Crippen molar-refractivity contribution in [2.45, 2.75) is 12.5 Å². The number of nitrogens with zero attached hydrogens (tertiary/aromatic N) is 2. The van der Waals surface area contributed by atoms with Gasteiger partial charge in [-0.25, -0.2) is 14.4 Å². The minimum absolute atomic E-state index is 0.0451. The molecule has 1 heterocycles. The normalized spacial score (nSPS) is 11.4. The van der Waals surface area contributed by atoms with Gasteiger partial charge in [0, 0.05) is 17.4 Å². The fourth-order valence-electron chi connectivity index (χ4n) is 2.28. The Morgan fingerprint density at radius 3 is 2.71 bits per heavy atom. The Balaban J connectivity index is 1.73. The zero-order chi connectivity index (χ0) is 16.8. The van der Waals surface area contributed by atoms with E-state index in [2.05, 4.69) is 33.7 Å². The molecule has 2 aromatic carbocycles. The van der Waals surface area contributed by atoms with Gasteiger partial charge in [-0.1, -0.05) is 30.0 Å². The highest BCUT2D eigenvalue weighted by Gasteiger charge is 2.07. The van der Waals surface area contributed by atoms with E-state index in [4.69, 9.17) is 0 Å². The fraction of sp³-hybridized carbons (Fsp3) is 0.100. The van der Waals surface area contributed by atoms with Crippen molar-refractivity contribution in [3.05, 3.63) is 78.9 Å². The highest BCUT2D eigenvalue weighted by Crippen LogP contribution is 2.19. The van der Waals surface area contributed by atoms with Crippen LogP contribution in [0, 0.1) is 17.7 Å². The number of rotatable bonds is 4. The van der Waals surface area contributed by atoms with Gasteiger partial charge >= 0.3 is 0 Å². The third-order valence-electron chi connectivity index (χ3n) is 3.55. The van der Waals surface area contributed by atoms with E-state index in [0.29, 0.717) is 6.42 Å². The summed E-state index contributed by atoms with van der Waals surface area (Å²) in [6.45, 7) is 3.85. The van der Waals surface area contributed by atoms with E-state index in [0.717, 1.165) is 22.3 Å². The molecule has 3 rings (SSSR count). The molecule has 0 saturated heterocycles. The summed E-state index contributed by atoms with van der Waals surface area (Å²) in [6.07, 6.45) is 3.91. The third kappa shape index (κ3) is 3.76. The molecule has 3 aromatic rings. The Hall–Kier alpha value is -3.19. The van der Waals surface area contributed by atoms with E-state index in [1.807, 2.05) is 24.3 Å². The van der Waals surface area contributed by atoms with Crippen LogP contribution < -0.4 is 5.32 Å². The fourth-order valence-corrected chi connectivity index (χ4v) is 2.28. The molecule has 0 aliphatic carbocycles. The van der Waals surface area contributed by atoms with Crippen molar-refractivity contribution in [1.29, 1.82) is 0 Å². The van der Waals surface area contributed by atoms with Crippen LogP contribution in [0.3, 0.4) is 0 Å². The van der Waals surface area contributed by atoms with E-state index in [9.17, 15) is 4.39 Å². The molecule has 24 heavy (non-hydrogen) atoms. The van der Waals surface area contributed by atoms with Gasteiger partial charge in [0.05, 0.1) is 11.6 Å². The van der Waals surface area contributed by atoms with Crippen molar-refractivity contribution in [3.63, 3.8) is 0 Å². The average Bonchev–Trinajstić information content (AvgIpc) is 2.62. The summed E-state index contributed by atoms with van der Waals surface area (Å²) in [7, 11) is 0. The first-order valence-corrected chi connectivity index (χ1v) is 7.59. The van der Waals surface area contributed by atoms with Crippen LogP contribution in [-0.4, -0.2) is 16.0 Å². The molecule has 0 amide bonds. The Morgan fingerprint density at radius 2 is 1.92 bits per heavy atom. The lowest BCUT2D eigenvalue weighted by atomic mass is 10.1. The Bertz CT molecular complexity index is 902. The first-order chi connectivity index (χ1) is 11.8. The molecule has 0 spiro atoms. The minimum Gasteiger partial charge on any atom is -0.362 e. The van der Waals surface area contributed by atoms with Crippen molar-refractivity contribution in [2.24, 2.45) is 0 Å². The maximum atomic E-state index is 12.9. The van der Waals surface area contributed by atoms with E-state index >= 15 is 0 Å². The van der Waals surface area contributed by atoms with Crippen molar-refractivity contribution in [2.75, 3.05) is 5.32 Å². The van der Waals surface area contributed by atoms with Gasteiger partial charge in [0.2, 0.25) is 0 Å². The van der Waals surface area contributed by atoms with E-state index in [-0.39, 0.29) is 11.9 Å². The second-order valence-electron chi connectivity index (χ2n) is 5.24. The molecule has 0 fully saturated rings.